The van der Waals surface area contributed by atoms with Gasteiger partial charge in [-0.3, -0.25) is 4.79 Å². The number of aliphatic carboxylic acids is 1. The van der Waals surface area contributed by atoms with Crippen molar-refractivity contribution in [2.75, 3.05) is 0 Å². The highest BCUT2D eigenvalue weighted by Crippen LogP contribution is 2.26. The van der Waals surface area contributed by atoms with Crippen LogP contribution >= 0.6 is 0 Å². The first-order valence-electron chi connectivity index (χ1n) is 9.65. The molecule has 0 saturated carbocycles. The fourth-order valence-electron chi connectivity index (χ4n) is 3.33. The molecule has 2 unspecified atom stereocenters. The summed E-state index contributed by atoms with van der Waals surface area (Å²) in [5.74, 6) is -4.30. The Bertz CT molecular complexity index is 1150. The lowest BCUT2D eigenvalue weighted by Gasteiger charge is -2.22. The third-order valence-corrected chi connectivity index (χ3v) is 4.88. The standard InChI is InChI=1S/C24H20FNO6/c25-17-12-15(18-8-4-5-9-19(18)23(29)30)11-16(13-17)22(28)26-20(21(27)24(31)32)10-14-6-2-1-3-7-14/h1-9,11-13,20-21,27H,10H2,(H,26,28)(H,29,30)(H,31,32). The number of carbonyl (C=O) groups is 3. The highest BCUT2D eigenvalue weighted by Gasteiger charge is 2.28. The summed E-state index contributed by atoms with van der Waals surface area (Å²) >= 11 is 0. The normalized spacial score (nSPS) is 12.6. The third-order valence-electron chi connectivity index (χ3n) is 4.88. The number of aliphatic hydroxyl groups excluding tert-OH is 1. The van der Waals surface area contributed by atoms with E-state index in [1.165, 1.54) is 24.3 Å². The highest BCUT2D eigenvalue weighted by molar-refractivity contribution is 5.99. The lowest BCUT2D eigenvalue weighted by Crippen LogP contribution is -2.48. The molecule has 3 aromatic carbocycles. The molecule has 0 aliphatic carbocycles. The van der Waals surface area contributed by atoms with E-state index in [1.807, 2.05) is 0 Å². The number of benzene rings is 3. The van der Waals surface area contributed by atoms with Gasteiger partial charge in [0, 0.05) is 5.56 Å². The molecule has 0 saturated heterocycles. The predicted octanol–water partition coefficient (Wildman–Crippen LogP) is 2.98. The van der Waals surface area contributed by atoms with E-state index in [9.17, 15) is 34.1 Å². The molecule has 32 heavy (non-hydrogen) atoms. The monoisotopic (exact) mass is 437 g/mol. The second-order valence-corrected chi connectivity index (χ2v) is 7.13. The van der Waals surface area contributed by atoms with Gasteiger partial charge < -0.3 is 20.6 Å². The second kappa shape index (κ2) is 9.84. The van der Waals surface area contributed by atoms with Crippen molar-refractivity contribution < 1.29 is 34.1 Å². The maximum atomic E-state index is 14.3. The van der Waals surface area contributed by atoms with Crippen LogP contribution in [0.15, 0.2) is 72.8 Å². The minimum Gasteiger partial charge on any atom is -0.479 e. The molecule has 0 aliphatic heterocycles. The van der Waals surface area contributed by atoms with Crippen molar-refractivity contribution in [3.63, 3.8) is 0 Å². The van der Waals surface area contributed by atoms with Crippen molar-refractivity contribution in [2.24, 2.45) is 0 Å². The molecule has 0 bridgehead atoms. The van der Waals surface area contributed by atoms with Crippen LogP contribution in [0.3, 0.4) is 0 Å². The van der Waals surface area contributed by atoms with Crippen LogP contribution in [0.2, 0.25) is 0 Å². The number of nitrogens with one attached hydrogen (secondary N) is 1. The van der Waals surface area contributed by atoms with Gasteiger partial charge in [0.25, 0.3) is 5.91 Å². The van der Waals surface area contributed by atoms with E-state index in [1.54, 1.807) is 36.4 Å². The number of carbonyl (C=O) groups excluding carboxylic acids is 1. The number of carboxylic acid groups (broad SMARTS) is 2. The number of hydrogen-bond acceptors (Lipinski definition) is 4. The largest absolute Gasteiger partial charge is 0.479 e. The molecule has 0 spiro atoms. The molecule has 0 aromatic heterocycles. The van der Waals surface area contributed by atoms with Gasteiger partial charge >= 0.3 is 11.9 Å². The Balaban J connectivity index is 1.92. The van der Waals surface area contributed by atoms with E-state index >= 15 is 0 Å². The fraction of sp³-hybridized carbons (Fsp3) is 0.125. The molecule has 2 atom stereocenters. The molecule has 0 aliphatic rings. The summed E-state index contributed by atoms with van der Waals surface area (Å²) in [5.41, 5.74) is 0.878. The van der Waals surface area contributed by atoms with Crippen LogP contribution in [-0.4, -0.2) is 45.3 Å². The van der Waals surface area contributed by atoms with Crippen LogP contribution in [0.1, 0.15) is 26.3 Å². The summed E-state index contributed by atoms with van der Waals surface area (Å²) in [6, 6.07) is 16.8. The summed E-state index contributed by atoms with van der Waals surface area (Å²) in [6.07, 6.45) is -1.86. The Morgan fingerprint density at radius 3 is 2.22 bits per heavy atom. The topological polar surface area (TPSA) is 124 Å². The minimum absolute atomic E-state index is 0.0318. The Labute approximate surface area is 182 Å². The van der Waals surface area contributed by atoms with Gasteiger partial charge in [-0.25, -0.2) is 14.0 Å². The zero-order chi connectivity index (χ0) is 23.3. The number of carboxylic acids is 2. The molecule has 0 fully saturated rings. The van der Waals surface area contributed by atoms with Crippen molar-refractivity contribution in [1.82, 2.24) is 5.32 Å². The first-order chi connectivity index (χ1) is 15.3. The summed E-state index contributed by atoms with van der Waals surface area (Å²) in [5, 5.41) is 31.1. The van der Waals surface area contributed by atoms with E-state index in [4.69, 9.17) is 0 Å². The van der Waals surface area contributed by atoms with E-state index in [-0.39, 0.29) is 28.7 Å². The maximum Gasteiger partial charge on any atom is 0.336 e. The summed E-state index contributed by atoms with van der Waals surface area (Å²) in [7, 11) is 0. The molecule has 1 amide bonds. The number of hydrogen-bond donors (Lipinski definition) is 4. The van der Waals surface area contributed by atoms with Crippen LogP contribution in [0.25, 0.3) is 11.1 Å². The highest BCUT2D eigenvalue weighted by atomic mass is 19.1. The molecule has 164 valence electrons. The van der Waals surface area contributed by atoms with Crippen molar-refractivity contribution in [2.45, 2.75) is 18.6 Å². The molecular weight excluding hydrogens is 417 g/mol. The van der Waals surface area contributed by atoms with Crippen LogP contribution in [0.4, 0.5) is 4.39 Å². The number of aromatic carboxylic acids is 1. The molecule has 3 aromatic rings. The van der Waals surface area contributed by atoms with Gasteiger partial charge in [0.2, 0.25) is 0 Å². The lowest BCUT2D eigenvalue weighted by molar-refractivity contribution is -0.148. The van der Waals surface area contributed by atoms with Crippen molar-refractivity contribution >= 4 is 17.8 Å². The number of amides is 1. The second-order valence-electron chi connectivity index (χ2n) is 7.13. The van der Waals surface area contributed by atoms with Crippen molar-refractivity contribution in [3.05, 3.63) is 95.3 Å². The van der Waals surface area contributed by atoms with E-state index < -0.39 is 35.8 Å². The summed E-state index contributed by atoms with van der Waals surface area (Å²) < 4.78 is 14.3. The smallest absolute Gasteiger partial charge is 0.336 e. The van der Waals surface area contributed by atoms with Crippen molar-refractivity contribution in [1.29, 1.82) is 0 Å². The van der Waals surface area contributed by atoms with Crippen LogP contribution in [0.5, 0.6) is 0 Å². The average Bonchev–Trinajstić information content (AvgIpc) is 2.78. The SMILES string of the molecule is O=C(NC(Cc1ccccc1)C(O)C(=O)O)c1cc(F)cc(-c2ccccc2C(=O)O)c1. The van der Waals surface area contributed by atoms with E-state index in [0.717, 1.165) is 12.1 Å². The van der Waals surface area contributed by atoms with Gasteiger partial charge in [-0.2, -0.15) is 0 Å². The Morgan fingerprint density at radius 1 is 0.906 bits per heavy atom. The molecule has 8 heteroatoms. The Kier molecular flexibility index (Phi) is 6.97. The average molecular weight is 437 g/mol. The first kappa shape index (κ1) is 22.6. The van der Waals surface area contributed by atoms with Gasteiger partial charge in [0.1, 0.15) is 5.82 Å². The van der Waals surface area contributed by atoms with E-state index in [2.05, 4.69) is 5.32 Å². The summed E-state index contributed by atoms with van der Waals surface area (Å²) in [4.78, 5) is 35.7. The van der Waals surface area contributed by atoms with Gasteiger partial charge in [-0.15, -0.1) is 0 Å². The Hall–Kier alpha value is -4.04. The maximum absolute atomic E-state index is 14.3. The van der Waals surface area contributed by atoms with Gasteiger partial charge in [0.15, 0.2) is 6.10 Å². The molecule has 0 radical (unpaired) electrons. The molecule has 0 heterocycles. The fourth-order valence-corrected chi connectivity index (χ4v) is 3.33. The summed E-state index contributed by atoms with van der Waals surface area (Å²) in [6.45, 7) is 0. The zero-order valence-corrected chi connectivity index (χ0v) is 16.7. The lowest BCUT2D eigenvalue weighted by atomic mass is 9.97. The number of aliphatic hydroxyl groups is 1. The zero-order valence-electron chi connectivity index (χ0n) is 16.7. The quantitative estimate of drug-likeness (QED) is 0.430. The molecule has 7 nitrogen and oxygen atoms in total. The number of rotatable bonds is 8. The van der Waals surface area contributed by atoms with Gasteiger partial charge in [0.05, 0.1) is 11.6 Å². The molecule has 3 rings (SSSR count). The van der Waals surface area contributed by atoms with Gasteiger partial charge in [-0.1, -0.05) is 48.5 Å². The third kappa shape index (κ3) is 5.35. The molecular formula is C24H20FNO6. The predicted molar refractivity (Wildman–Crippen MR) is 114 cm³/mol. The van der Waals surface area contributed by atoms with Crippen LogP contribution < -0.4 is 5.32 Å². The van der Waals surface area contributed by atoms with E-state index in [0.29, 0.717) is 5.56 Å². The van der Waals surface area contributed by atoms with Gasteiger partial charge in [-0.05, 0) is 47.4 Å². The van der Waals surface area contributed by atoms with Crippen LogP contribution in [-0.2, 0) is 11.2 Å². The Morgan fingerprint density at radius 2 is 1.56 bits per heavy atom. The molecule has 4 N–H and O–H groups in total. The van der Waals surface area contributed by atoms with Crippen molar-refractivity contribution in [3.8, 4) is 11.1 Å². The number of halogens is 1. The van der Waals surface area contributed by atoms with Crippen LogP contribution in [0, 0.1) is 5.82 Å². The first-order valence-corrected chi connectivity index (χ1v) is 9.65. The minimum atomic E-state index is -1.89.